The van der Waals surface area contributed by atoms with Crippen molar-refractivity contribution in [3.8, 4) is 11.8 Å². The Hall–Kier alpha value is -2.28. The molecule has 0 saturated carbocycles. The Balaban J connectivity index is 2.61. The smallest absolute Gasteiger partial charge is 0.303 e. The van der Waals surface area contributed by atoms with Gasteiger partial charge in [0.25, 0.3) is 0 Å². The summed E-state index contributed by atoms with van der Waals surface area (Å²) in [6, 6.07) is 9.60. The molecular formula is C15H16O4. The summed E-state index contributed by atoms with van der Waals surface area (Å²) in [5.41, 5.74) is 1.02. The van der Waals surface area contributed by atoms with Gasteiger partial charge in [-0.3, -0.25) is 9.59 Å². The van der Waals surface area contributed by atoms with E-state index in [-0.39, 0.29) is 18.5 Å². The first kappa shape index (κ1) is 14.8. The predicted octanol–water partition coefficient (Wildman–Crippen LogP) is 1.73. The molecule has 0 spiro atoms. The summed E-state index contributed by atoms with van der Waals surface area (Å²) < 4.78 is 9.80. The Bertz CT molecular complexity index is 482. The number of hydrogen-bond acceptors (Lipinski definition) is 4. The molecule has 4 nitrogen and oxygen atoms in total. The molecule has 0 aliphatic carbocycles. The van der Waals surface area contributed by atoms with Crippen LogP contribution < -0.4 is 0 Å². The molecule has 0 amide bonds. The number of carbonyl (C=O) groups excluding carboxylic acids is 2. The molecule has 0 heterocycles. The van der Waals surface area contributed by atoms with E-state index >= 15 is 0 Å². The quantitative estimate of drug-likeness (QED) is 0.611. The van der Waals surface area contributed by atoms with E-state index in [4.69, 9.17) is 9.47 Å². The third-order valence-corrected chi connectivity index (χ3v) is 2.18. The molecule has 0 fully saturated rings. The van der Waals surface area contributed by atoms with E-state index in [2.05, 4.69) is 11.8 Å². The van der Waals surface area contributed by atoms with Crippen LogP contribution in [-0.2, 0) is 25.5 Å². The largest absolute Gasteiger partial charge is 0.453 e. The first-order valence-electron chi connectivity index (χ1n) is 5.91. The van der Waals surface area contributed by atoms with Gasteiger partial charge in [0, 0.05) is 20.3 Å². The van der Waals surface area contributed by atoms with Crippen LogP contribution in [0.5, 0.6) is 0 Å². The second kappa shape index (κ2) is 7.93. The number of hydrogen-bond donors (Lipinski definition) is 0. The van der Waals surface area contributed by atoms with Crippen LogP contribution >= 0.6 is 0 Å². The highest BCUT2D eigenvalue weighted by molar-refractivity contribution is 5.66. The Morgan fingerprint density at radius 1 is 1.16 bits per heavy atom. The second-order valence-electron chi connectivity index (χ2n) is 3.89. The van der Waals surface area contributed by atoms with Crippen LogP contribution in [0, 0.1) is 11.8 Å². The van der Waals surface area contributed by atoms with E-state index in [1.54, 1.807) is 0 Å². The summed E-state index contributed by atoms with van der Waals surface area (Å²) in [6.07, 6.45) is -0.0246. The van der Waals surface area contributed by atoms with Crippen LogP contribution in [0.15, 0.2) is 30.3 Å². The molecule has 0 bridgehead atoms. The molecule has 1 aromatic rings. The fourth-order valence-electron chi connectivity index (χ4n) is 1.44. The van der Waals surface area contributed by atoms with Gasteiger partial charge in [-0.2, -0.15) is 0 Å². The highest BCUT2D eigenvalue weighted by Crippen LogP contribution is 2.05. The molecular weight excluding hydrogens is 244 g/mol. The van der Waals surface area contributed by atoms with E-state index in [9.17, 15) is 9.59 Å². The van der Waals surface area contributed by atoms with E-state index in [0.717, 1.165) is 5.56 Å². The average Bonchev–Trinajstić information content (AvgIpc) is 2.35. The first-order chi connectivity index (χ1) is 9.08. The van der Waals surface area contributed by atoms with Crippen molar-refractivity contribution in [3.63, 3.8) is 0 Å². The lowest BCUT2D eigenvalue weighted by atomic mass is 10.1. The van der Waals surface area contributed by atoms with Gasteiger partial charge in [0.05, 0.1) is 0 Å². The lowest BCUT2D eigenvalue weighted by molar-refractivity contribution is -0.144. The minimum Gasteiger partial charge on any atom is -0.453 e. The van der Waals surface area contributed by atoms with Crippen LogP contribution in [0.25, 0.3) is 0 Å². The van der Waals surface area contributed by atoms with Gasteiger partial charge >= 0.3 is 11.9 Å². The summed E-state index contributed by atoms with van der Waals surface area (Å²) in [5, 5.41) is 0. The number of rotatable bonds is 4. The minimum absolute atomic E-state index is 0.00187. The highest BCUT2D eigenvalue weighted by Gasteiger charge is 2.09. The zero-order valence-corrected chi connectivity index (χ0v) is 11.0. The van der Waals surface area contributed by atoms with Crippen LogP contribution in [0.4, 0.5) is 0 Å². The van der Waals surface area contributed by atoms with Gasteiger partial charge in [-0.05, 0) is 5.56 Å². The maximum atomic E-state index is 11.0. The number of esters is 2. The molecule has 4 heteroatoms. The van der Waals surface area contributed by atoms with Gasteiger partial charge in [-0.15, -0.1) is 0 Å². The minimum atomic E-state index is -0.532. The summed E-state index contributed by atoms with van der Waals surface area (Å²) in [6.45, 7) is 2.66. The molecule has 1 unspecified atom stereocenters. The summed E-state index contributed by atoms with van der Waals surface area (Å²) in [4.78, 5) is 21.6. The third kappa shape index (κ3) is 6.89. The van der Waals surface area contributed by atoms with Crippen molar-refractivity contribution < 1.29 is 19.1 Å². The lowest BCUT2D eigenvalue weighted by Gasteiger charge is -2.10. The summed E-state index contributed by atoms with van der Waals surface area (Å²) in [7, 11) is 0. The number of carbonyl (C=O) groups is 2. The molecule has 1 rings (SSSR count). The fraction of sp³-hybridized carbons (Fsp3) is 0.333. The third-order valence-electron chi connectivity index (χ3n) is 2.18. The molecule has 0 N–H and O–H groups in total. The van der Waals surface area contributed by atoms with Gasteiger partial charge in [-0.25, -0.2) is 0 Å². The molecule has 0 radical (unpaired) electrons. The van der Waals surface area contributed by atoms with Gasteiger partial charge in [0.1, 0.15) is 0 Å². The second-order valence-corrected chi connectivity index (χ2v) is 3.89. The number of benzene rings is 1. The van der Waals surface area contributed by atoms with E-state index in [1.165, 1.54) is 13.8 Å². The van der Waals surface area contributed by atoms with Crippen molar-refractivity contribution in [1.82, 2.24) is 0 Å². The Morgan fingerprint density at radius 2 is 1.84 bits per heavy atom. The van der Waals surface area contributed by atoms with Gasteiger partial charge in [0.15, 0.2) is 12.7 Å². The normalized spacial score (nSPS) is 10.8. The average molecular weight is 260 g/mol. The van der Waals surface area contributed by atoms with Crippen LogP contribution in [0.3, 0.4) is 0 Å². The van der Waals surface area contributed by atoms with Crippen LogP contribution in [0.2, 0.25) is 0 Å². The standard InChI is InChI=1S/C15H16O4/c1-12(16)18-10-6-9-15(19-13(2)17)11-14-7-4-3-5-8-14/h3-5,7-8,15H,10-11H2,1-2H3. The van der Waals surface area contributed by atoms with Gasteiger partial charge in [-0.1, -0.05) is 42.2 Å². The molecule has 0 aliphatic rings. The SMILES string of the molecule is CC(=O)OCC#CC(Cc1ccccc1)OC(C)=O. The maximum Gasteiger partial charge on any atom is 0.303 e. The molecule has 0 aromatic heterocycles. The highest BCUT2D eigenvalue weighted by atomic mass is 16.5. The maximum absolute atomic E-state index is 11.0. The Morgan fingerprint density at radius 3 is 2.42 bits per heavy atom. The van der Waals surface area contributed by atoms with E-state index < -0.39 is 6.10 Å². The molecule has 100 valence electrons. The predicted molar refractivity (Wildman–Crippen MR) is 70.1 cm³/mol. The molecule has 19 heavy (non-hydrogen) atoms. The Kier molecular flexibility index (Phi) is 6.17. The van der Waals surface area contributed by atoms with Crippen molar-refractivity contribution in [3.05, 3.63) is 35.9 Å². The van der Waals surface area contributed by atoms with E-state index in [1.807, 2.05) is 30.3 Å². The number of ether oxygens (including phenoxy) is 2. The topological polar surface area (TPSA) is 52.6 Å². The summed E-state index contributed by atoms with van der Waals surface area (Å²) in [5.74, 6) is 4.68. The van der Waals surface area contributed by atoms with Gasteiger partial charge < -0.3 is 9.47 Å². The first-order valence-corrected chi connectivity index (χ1v) is 5.91. The van der Waals surface area contributed by atoms with Gasteiger partial charge in [0.2, 0.25) is 0 Å². The van der Waals surface area contributed by atoms with Crippen molar-refractivity contribution in [2.45, 2.75) is 26.4 Å². The zero-order chi connectivity index (χ0) is 14.1. The molecule has 0 aliphatic heterocycles. The summed E-state index contributed by atoms with van der Waals surface area (Å²) >= 11 is 0. The molecule has 1 atom stereocenters. The van der Waals surface area contributed by atoms with Crippen molar-refractivity contribution in [2.75, 3.05) is 6.61 Å². The van der Waals surface area contributed by atoms with Crippen molar-refractivity contribution >= 4 is 11.9 Å². The van der Waals surface area contributed by atoms with Crippen molar-refractivity contribution in [2.24, 2.45) is 0 Å². The molecule has 0 saturated heterocycles. The lowest BCUT2D eigenvalue weighted by Crippen LogP contribution is -2.17. The fourth-order valence-corrected chi connectivity index (χ4v) is 1.44. The Labute approximate surface area is 112 Å². The van der Waals surface area contributed by atoms with Crippen LogP contribution in [0.1, 0.15) is 19.4 Å². The molecule has 1 aromatic carbocycles. The zero-order valence-electron chi connectivity index (χ0n) is 11.0. The van der Waals surface area contributed by atoms with Crippen LogP contribution in [-0.4, -0.2) is 24.6 Å². The van der Waals surface area contributed by atoms with E-state index in [0.29, 0.717) is 6.42 Å². The monoisotopic (exact) mass is 260 g/mol. The van der Waals surface area contributed by atoms with Crippen molar-refractivity contribution in [1.29, 1.82) is 0 Å².